The number of halogens is 2. The molecule has 2 heterocycles. The van der Waals surface area contributed by atoms with Gasteiger partial charge in [-0.15, -0.1) is 0 Å². The molecule has 1 amide bonds. The maximum atomic E-state index is 13.3. The molecule has 5 nitrogen and oxygen atoms in total. The minimum absolute atomic E-state index is 0.00394. The van der Waals surface area contributed by atoms with Crippen molar-refractivity contribution in [1.29, 1.82) is 5.26 Å². The lowest BCUT2D eigenvalue weighted by Gasteiger charge is -2.30. The van der Waals surface area contributed by atoms with Crippen molar-refractivity contribution in [2.75, 3.05) is 18.1 Å². The molecule has 1 aromatic heterocycles. The third-order valence-corrected chi connectivity index (χ3v) is 4.67. The number of thioether (sulfide) groups is 1. The minimum atomic E-state index is -0.994. The number of nitrogens with zero attached hydrogens (tertiary/aromatic N) is 3. The first-order valence-electron chi connectivity index (χ1n) is 7.25. The van der Waals surface area contributed by atoms with Crippen LogP contribution in [-0.2, 0) is 11.2 Å². The molecule has 1 aromatic carbocycles. The number of rotatable bonds is 3. The highest BCUT2D eigenvalue weighted by molar-refractivity contribution is 7.99. The van der Waals surface area contributed by atoms with Crippen LogP contribution in [0.2, 0.25) is 0 Å². The van der Waals surface area contributed by atoms with Crippen molar-refractivity contribution >= 4 is 17.7 Å². The summed E-state index contributed by atoms with van der Waals surface area (Å²) in [4.78, 5) is 18.0. The Balaban J connectivity index is 1.72. The highest BCUT2D eigenvalue weighted by atomic mass is 32.2. The van der Waals surface area contributed by atoms with Gasteiger partial charge in [0.05, 0.1) is 18.2 Å². The summed E-state index contributed by atoms with van der Waals surface area (Å²) in [5.74, 6) is -0.642. The molecular weight excluding hydrogens is 336 g/mol. The van der Waals surface area contributed by atoms with Crippen LogP contribution in [0.3, 0.4) is 0 Å². The molecule has 1 aliphatic rings. The summed E-state index contributed by atoms with van der Waals surface area (Å²) in [5, 5.41) is 9.12. The van der Waals surface area contributed by atoms with Crippen molar-refractivity contribution in [3.63, 3.8) is 0 Å². The van der Waals surface area contributed by atoms with Crippen molar-refractivity contribution in [1.82, 2.24) is 9.88 Å². The Morgan fingerprint density at radius 2 is 2.29 bits per heavy atom. The molecular formula is C16H13F2N3O2S. The Morgan fingerprint density at radius 3 is 3.04 bits per heavy atom. The van der Waals surface area contributed by atoms with E-state index in [1.165, 1.54) is 12.3 Å². The van der Waals surface area contributed by atoms with Crippen LogP contribution in [0.25, 0.3) is 11.5 Å². The van der Waals surface area contributed by atoms with Gasteiger partial charge in [0.1, 0.15) is 12.3 Å². The zero-order valence-electron chi connectivity index (χ0n) is 12.5. The molecule has 0 saturated carbocycles. The summed E-state index contributed by atoms with van der Waals surface area (Å²) < 4.78 is 31.5. The van der Waals surface area contributed by atoms with Gasteiger partial charge in [0.15, 0.2) is 11.6 Å². The Labute approximate surface area is 141 Å². The molecule has 1 saturated heterocycles. The van der Waals surface area contributed by atoms with Gasteiger partial charge in [-0.3, -0.25) is 4.79 Å². The lowest BCUT2D eigenvalue weighted by atomic mass is 10.2. The number of carbonyl (C=O) groups excluding carboxylic acids is 1. The fourth-order valence-corrected chi connectivity index (χ4v) is 3.39. The van der Waals surface area contributed by atoms with Gasteiger partial charge in [-0.2, -0.15) is 17.0 Å². The zero-order chi connectivity index (χ0) is 17.1. The van der Waals surface area contributed by atoms with E-state index in [4.69, 9.17) is 9.68 Å². The lowest BCUT2D eigenvalue weighted by Crippen LogP contribution is -2.46. The maximum Gasteiger partial charge on any atom is 0.229 e. The van der Waals surface area contributed by atoms with Gasteiger partial charge in [-0.1, -0.05) is 0 Å². The molecule has 124 valence electrons. The maximum absolute atomic E-state index is 13.3. The fourth-order valence-electron chi connectivity index (χ4n) is 2.42. The quantitative estimate of drug-likeness (QED) is 0.852. The average molecular weight is 349 g/mol. The Bertz CT molecular complexity index is 803. The normalized spacial score (nSPS) is 17.5. The smallest absolute Gasteiger partial charge is 0.229 e. The first kappa shape index (κ1) is 16.5. The third-order valence-electron chi connectivity index (χ3n) is 3.65. The molecule has 0 radical (unpaired) electrons. The predicted molar refractivity (Wildman–Crippen MR) is 84.0 cm³/mol. The van der Waals surface area contributed by atoms with Gasteiger partial charge in [0, 0.05) is 23.6 Å². The molecule has 3 rings (SSSR count). The molecule has 1 fully saturated rings. The van der Waals surface area contributed by atoms with Crippen molar-refractivity contribution in [2.24, 2.45) is 0 Å². The topological polar surface area (TPSA) is 70.1 Å². The van der Waals surface area contributed by atoms with Crippen molar-refractivity contribution in [3.05, 3.63) is 41.8 Å². The lowest BCUT2D eigenvalue weighted by molar-refractivity contribution is -0.131. The number of nitriles is 1. The van der Waals surface area contributed by atoms with E-state index >= 15 is 0 Å². The van der Waals surface area contributed by atoms with E-state index in [0.717, 1.165) is 17.9 Å². The third kappa shape index (κ3) is 3.41. The van der Waals surface area contributed by atoms with E-state index in [-0.39, 0.29) is 23.8 Å². The van der Waals surface area contributed by atoms with Gasteiger partial charge in [-0.25, -0.2) is 13.8 Å². The van der Waals surface area contributed by atoms with Gasteiger partial charge in [0.25, 0.3) is 0 Å². The second-order valence-electron chi connectivity index (χ2n) is 5.26. The van der Waals surface area contributed by atoms with Crippen molar-refractivity contribution in [2.45, 2.75) is 12.5 Å². The van der Waals surface area contributed by atoms with Gasteiger partial charge in [0.2, 0.25) is 11.8 Å². The van der Waals surface area contributed by atoms with E-state index < -0.39 is 17.7 Å². The fraction of sp³-hybridized carbons (Fsp3) is 0.312. The van der Waals surface area contributed by atoms with Crippen LogP contribution in [-0.4, -0.2) is 39.9 Å². The number of amides is 1. The van der Waals surface area contributed by atoms with Crippen molar-refractivity contribution in [3.8, 4) is 17.5 Å². The number of benzene rings is 1. The molecule has 24 heavy (non-hydrogen) atoms. The molecule has 8 heteroatoms. The van der Waals surface area contributed by atoms with Crippen LogP contribution >= 0.6 is 11.8 Å². The number of hydrogen-bond acceptors (Lipinski definition) is 5. The minimum Gasteiger partial charge on any atom is -0.444 e. The van der Waals surface area contributed by atoms with E-state index in [0.29, 0.717) is 18.0 Å². The summed E-state index contributed by atoms with van der Waals surface area (Å²) in [7, 11) is 0. The van der Waals surface area contributed by atoms with Crippen molar-refractivity contribution < 1.29 is 18.0 Å². The van der Waals surface area contributed by atoms with Crippen LogP contribution in [0.15, 0.2) is 28.9 Å². The molecule has 0 aliphatic carbocycles. The van der Waals surface area contributed by atoms with Crippen LogP contribution in [0.4, 0.5) is 8.78 Å². The largest absolute Gasteiger partial charge is 0.444 e. The molecule has 0 N–H and O–H groups in total. The molecule has 2 aromatic rings. The summed E-state index contributed by atoms with van der Waals surface area (Å²) in [5.41, 5.74) is 0.673. The first-order valence-corrected chi connectivity index (χ1v) is 8.40. The monoisotopic (exact) mass is 349 g/mol. The standard InChI is InChI=1S/C16H13F2N3O2S/c17-13-2-1-10(5-14(13)18)16-20-11(8-23-16)6-15(22)21-3-4-24-9-12(21)7-19/h1-2,5,8,12H,3-4,6,9H2. The molecule has 1 aliphatic heterocycles. The summed E-state index contributed by atoms with van der Waals surface area (Å²) in [6, 6.07) is 5.02. The Hall–Kier alpha value is -2.40. The summed E-state index contributed by atoms with van der Waals surface area (Å²) in [6.45, 7) is 0.523. The summed E-state index contributed by atoms with van der Waals surface area (Å²) >= 11 is 1.64. The van der Waals surface area contributed by atoms with Crippen LogP contribution in [0.1, 0.15) is 5.69 Å². The number of carbonyl (C=O) groups is 1. The van der Waals surface area contributed by atoms with E-state index in [1.807, 2.05) is 0 Å². The molecule has 0 spiro atoms. The SMILES string of the molecule is N#CC1CSCCN1C(=O)Cc1coc(-c2ccc(F)c(F)c2)n1. The number of oxazole rings is 1. The van der Waals surface area contributed by atoms with Crippen LogP contribution in [0, 0.1) is 23.0 Å². The molecule has 1 unspecified atom stereocenters. The Kier molecular flexibility index (Phi) is 4.81. The molecule has 0 bridgehead atoms. The van der Waals surface area contributed by atoms with E-state index in [9.17, 15) is 13.6 Å². The highest BCUT2D eigenvalue weighted by Gasteiger charge is 2.27. The average Bonchev–Trinajstić information content (AvgIpc) is 3.05. The van der Waals surface area contributed by atoms with Crippen LogP contribution in [0.5, 0.6) is 0 Å². The molecule has 1 atom stereocenters. The first-order chi connectivity index (χ1) is 11.6. The number of hydrogen-bond donors (Lipinski definition) is 0. The van der Waals surface area contributed by atoms with Gasteiger partial charge < -0.3 is 9.32 Å². The van der Waals surface area contributed by atoms with E-state index in [2.05, 4.69) is 11.1 Å². The zero-order valence-corrected chi connectivity index (χ0v) is 13.4. The van der Waals surface area contributed by atoms with E-state index in [1.54, 1.807) is 16.7 Å². The number of aromatic nitrogens is 1. The highest BCUT2D eigenvalue weighted by Crippen LogP contribution is 2.22. The summed E-state index contributed by atoms with van der Waals surface area (Å²) in [6.07, 6.45) is 1.31. The van der Waals surface area contributed by atoms with Gasteiger partial charge in [-0.05, 0) is 18.2 Å². The second kappa shape index (κ2) is 7.01. The van der Waals surface area contributed by atoms with Gasteiger partial charge >= 0.3 is 0 Å². The Morgan fingerprint density at radius 1 is 1.46 bits per heavy atom. The second-order valence-corrected chi connectivity index (χ2v) is 6.41. The predicted octanol–water partition coefficient (Wildman–Crippen LogP) is 2.63. The van der Waals surface area contributed by atoms with Crippen LogP contribution < -0.4 is 0 Å².